The maximum Gasteiger partial charge on any atom is 0.272 e. The number of benzene rings is 3. The molecule has 9 heteroatoms. The van der Waals surface area contributed by atoms with E-state index in [-0.39, 0.29) is 23.3 Å². The highest BCUT2D eigenvalue weighted by Gasteiger charge is 2.15. The van der Waals surface area contributed by atoms with Crippen molar-refractivity contribution >= 4 is 69.9 Å². The van der Waals surface area contributed by atoms with Crippen molar-refractivity contribution in [3.8, 4) is 0 Å². The first-order valence-corrected chi connectivity index (χ1v) is 13.9. The van der Waals surface area contributed by atoms with Crippen LogP contribution in [0.1, 0.15) is 21.5 Å². The van der Waals surface area contributed by atoms with Crippen molar-refractivity contribution in [1.29, 1.82) is 0 Å². The van der Waals surface area contributed by atoms with Crippen LogP contribution in [-0.4, -0.2) is 23.5 Å². The lowest BCUT2D eigenvalue weighted by molar-refractivity contribution is -0.114. The van der Waals surface area contributed by atoms with Crippen molar-refractivity contribution in [1.82, 2.24) is 5.32 Å². The molecule has 0 aliphatic heterocycles. The average molecular weight is 562 g/mol. The van der Waals surface area contributed by atoms with E-state index < -0.39 is 5.91 Å². The van der Waals surface area contributed by atoms with Crippen LogP contribution in [0.4, 0.5) is 11.4 Å². The molecule has 0 aliphatic rings. The fourth-order valence-electron chi connectivity index (χ4n) is 3.36. The summed E-state index contributed by atoms with van der Waals surface area (Å²) < 4.78 is 0. The summed E-state index contributed by atoms with van der Waals surface area (Å²) >= 11 is 8.89. The van der Waals surface area contributed by atoms with E-state index in [2.05, 4.69) is 16.0 Å². The minimum atomic E-state index is -0.447. The van der Waals surface area contributed by atoms with Gasteiger partial charge in [0, 0.05) is 26.9 Å². The van der Waals surface area contributed by atoms with Crippen molar-refractivity contribution in [2.24, 2.45) is 0 Å². The van der Waals surface area contributed by atoms with Gasteiger partial charge in [0.05, 0.1) is 5.75 Å². The van der Waals surface area contributed by atoms with E-state index in [4.69, 9.17) is 11.6 Å². The lowest BCUT2D eigenvalue weighted by atomic mass is 10.2. The van der Waals surface area contributed by atoms with Gasteiger partial charge in [-0.3, -0.25) is 14.4 Å². The molecule has 3 N–H and O–H groups in total. The Bertz CT molecular complexity index is 1450. The first-order chi connectivity index (χ1) is 18.4. The van der Waals surface area contributed by atoms with E-state index in [1.807, 2.05) is 48.0 Å². The molecule has 1 heterocycles. The largest absolute Gasteiger partial charge is 0.325 e. The van der Waals surface area contributed by atoms with Crippen LogP contribution in [0.25, 0.3) is 6.08 Å². The summed E-state index contributed by atoms with van der Waals surface area (Å²) in [7, 11) is 0. The third kappa shape index (κ3) is 7.82. The SMILES string of the molecule is Cc1ccc(Cl)cc1NC(=O)CSc1ccc(NC(=O)/C(=C/c2ccsc2)NC(=O)c2ccccc2)cc1. The predicted octanol–water partition coefficient (Wildman–Crippen LogP) is 6.85. The summed E-state index contributed by atoms with van der Waals surface area (Å²) in [4.78, 5) is 39.0. The number of carbonyl (C=O) groups is 3. The Morgan fingerprint density at radius 1 is 0.947 bits per heavy atom. The molecule has 0 unspecified atom stereocenters. The van der Waals surface area contributed by atoms with Crippen LogP contribution >= 0.6 is 34.7 Å². The first-order valence-electron chi connectivity index (χ1n) is 11.6. The molecule has 0 aliphatic carbocycles. The molecule has 0 saturated carbocycles. The molecular formula is C29H24ClN3O3S2. The van der Waals surface area contributed by atoms with Crippen molar-refractivity contribution in [2.75, 3.05) is 16.4 Å². The maximum absolute atomic E-state index is 13.1. The van der Waals surface area contributed by atoms with Crippen LogP contribution in [0, 0.1) is 6.92 Å². The third-order valence-corrected chi connectivity index (χ3v) is 7.29. The summed E-state index contributed by atoms with van der Waals surface area (Å²) in [5.41, 5.74) is 3.57. The van der Waals surface area contributed by atoms with E-state index in [0.29, 0.717) is 22.0 Å². The highest BCUT2D eigenvalue weighted by molar-refractivity contribution is 8.00. The summed E-state index contributed by atoms with van der Waals surface area (Å²) in [5, 5.41) is 12.8. The Kier molecular flexibility index (Phi) is 9.37. The molecule has 3 amide bonds. The topological polar surface area (TPSA) is 87.3 Å². The lowest BCUT2D eigenvalue weighted by Gasteiger charge is -2.12. The number of thiophene rings is 1. The minimum absolute atomic E-state index is 0.128. The molecular weight excluding hydrogens is 538 g/mol. The van der Waals surface area contributed by atoms with Gasteiger partial charge in [-0.1, -0.05) is 35.9 Å². The van der Waals surface area contributed by atoms with Crippen LogP contribution in [0.5, 0.6) is 0 Å². The fraction of sp³-hybridized carbons (Fsp3) is 0.0690. The van der Waals surface area contributed by atoms with E-state index >= 15 is 0 Å². The van der Waals surface area contributed by atoms with Crippen LogP contribution in [0.2, 0.25) is 5.02 Å². The molecule has 0 atom stereocenters. The van der Waals surface area contributed by atoms with Crippen molar-refractivity contribution in [3.05, 3.63) is 117 Å². The first kappa shape index (κ1) is 27.2. The predicted molar refractivity (Wildman–Crippen MR) is 157 cm³/mol. The molecule has 1 aromatic heterocycles. The van der Waals surface area contributed by atoms with Gasteiger partial charge in [0.25, 0.3) is 11.8 Å². The zero-order chi connectivity index (χ0) is 26.9. The molecule has 38 heavy (non-hydrogen) atoms. The van der Waals surface area contributed by atoms with Crippen LogP contribution in [0.15, 0.2) is 100 Å². The van der Waals surface area contributed by atoms with E-state index in [9.17, 15) is 14.4 Å². The van der Waals surface area contributed by atoms with Gasteiger partial charge in [0.15, 0.2) is 0 Å². The molecule has 0 fully saturated rings. The van der Waals surface area contributed by atoms with Gasteiger partial charge in [0.1, 0.15) is 5.70 Å². The molecule has 0 bridgehead atoms. The molecule has 192 valence electrons. The molecule has 6 nitrogen and oxygen atoms in total. The highest BCUT2D eigenvalue weighted by atomic mass is 35.5. The summed E-state index contributed by atoms with van der Waals surface area (Å²) in [5.74, 6) is -0.746. The zero-order valence-electron chi connectivity index (χ0n) is 20.4. The second-order valence-corrected chi connectivity index (χ2v) is 10.5. The Morgan fingerprint density at radius 2 is 1.71 bits per heavy atom. The summed E-state index contributed by atoms with van der Waals surface area (Å²) in [6.45, 7) is 1.90. The Labute approximate surface area is 234 Å². The van der Waals surface area contributed by atoms with Gasteiger partial charge in [0.2, 0.25) is 5.91 Å². The number of hydrogen-bond donors (Lipinski definition) is 3. The lowest BCUT2D eigenvalue weighted by Crippen LogP contribution is -2.30. The van der Waals surface area contributed by atoms with E-state index in [1.54, 1.807) is 54.6 Å². The normalized spacial score (nSPS) is 11.1. The van der Waals surface area contributed by atoms with E-state index in [1.165, 1.54) is 23.1 Å². The number of rotatable bonds is 9. The monoisotopic (exact) mass is 561 g/mol. The van der Waals surface area contributed by atoms with Crippen molar-refractivity contribution in [3.63, 3.8) is 0 Å². The average Bonchev–Trinajstić information content (AvgIpc) is 3.43. The molecule has 0 saturated heterocycles. The Morgan fingerprint density at radius 3 is 2.42 bits per heavy atom. The van der Waals surface area contributed by atoms with Gasteiger partial charge in [-0.05, 0) is 89.5 Å². The van der Waals surface area contributed by atoms with Crippen LogP contribution in [0.3, 0.4) is 0 Å². The number of anilines is 2. The molecule has 4 aromatic rings. The fourth-order valence-corrected chi connectivity index (χ4v) is 4.85. The third-order valence-electron chi connectivity index (χ3n) is 5.34. The van der Waals surface area contributed by atoms with E-state index in [0.717, 1.165) is 16.0 Å². The van der Waals surface area contributed by atoms with Gasteiger partial charge >= 0.3 is 0 Å². The molecule has 3 aromatic carbocycles. The van der Waals surface area contributed by atoms with Gasteiger partial charge < -0.3 is 16.0 Å². The minimum Gasteiger partial charge on any atom is -0.325 e. The number of aryl methyl sites for hydroxylation is 1. The zero-order valence-corrected chi connectivity index (χ0v) is 22.8. The molecule has 0 radical (unpaired) electrons. The van der Waals surface area contributed by atoms with Crippen LogP contribution < -0.4 is 16.0 Å². The van der Waals surface area contributed by atoms with Gasteiger partial charge in [-0.15, -0.1) is 11.8 Å². The number of amides is 3. The molecule has 0 spiro atoms. The smallest absolute Gasteiger partial charge is 0.272 e. The number of thioether (sulfide) groups is 1. The Hall–Kier alpha value is -3.85. The number of halogens is 1. The van der Waals surface area contributed by atoms with Gasteiger partial charge in [-0.2, -0.15) is 11.3 Å². The highest BCUT2D eigenvalue weighted by Crippen LogP contribution is 2.23. The second kappa shape index (κ2) is 13.1. The van der Waals surface area contributed by atoms with Crippen molar-refractivity contribution < 1.29 is 14.4 Å². The number of hydrogen-bond acceptors (Lipinski definition) is 5. The van der Waals surface area contributed by atoms with Crippen LogP contribution in [-0.2, 0) is 9.59 Å². The number of nitrogens with one attached hydrogen (secondary N) is 3. The summed E-state index contributed by atoms with van der Waals surface area (Å²) in [6.07, 6.45) is 1.64. The standard InChI is InChI=1S/C29H24ClN3O3S2/c1-19-7-8-22(30)16-25(19)32-27(34)18-38-24-11-9-23(10-12-24)31-29(36)26(15-20-13-14-37-17-20)33-28(35)21-5-3-2-4-6-21/h2-17H,18H2,1H3,(H,31,36)(H,32,34)(H,33,35)/b26-15-. The van der Waals surface area contributed by atoms with Gasteiger partial charge in [-0.25, -0.2) is 0 Å². The summed E-state index contributed by atoms with van der Waals surface area (Å²) in [6, 6.07) is 23.1. The maximum atomic E-state index is 13.1. The quantitative estimate of drug-likeness (QED) is 0.154. The number of carbonyl (C=O) groups excluding carboxylic acids is 3. The van der Waals surface area contributed by atoms with Crippen molar-refractivity contribution in [2.45, 2.75) is 11.8 Å². The Balaban J connectivity index is 1.37. The second-order valence-electron chi connectivity index (χ2n) is 8.21. The molecule has 4 rings (SSSR count).